The highest BCUT2D eigenvalue weighted by Crippen LogP contribution is 2.51. The Morgan fingerprint density at radius 1 is 0.261 bits per heavy atom. The summed E-state index contributed by atoms with van der Waals surface area (Å²) < 4.78 is 14.2. The van der Waals surface area contributed by atoms with Gasteiger partial charge in [-0.1, -0.05) is 305 Å². The van der Waals surface area contributed by atoms with Crippen LogP contribution in [0.1, 0.15) is 35.1 Å². The molecule has 566 valence electrons. The zero-order chi connectivity index (χ0) is 79.2. The normalized spacial score (nSPS) is 13.1. The summed E-state index contributed by atoms with van der Waals surface area (Å²) in [5.41, 5.74) is 17.0. The topological polar surface area (TPSA) is 95.8 Å². The molecular formula is C109H78BBrN6O2. The molecule has 0 amide bonds. The molecular weight excluding hydrogens is 1520 g/mol. The Bertz CT molecular complexity index is 7650. The number of rotatable bonds is 8. The Labute approximate surface area is 698 Å². The van der Waals surface area contributed by atoms with Gasteiger partial charge in [0.15, 0.2) is 0 Å². The van der Waals surface area contributed by atoms with Crippen LogP contribution in [0.5, 0.6) is 0 Å². The highest BCUT2D eigenvalue weighted by molar-refractivity contribution is 9.10. The summed E-state index contributed by atoms with van der Waals surface area (Å²) in [4.78, 5) is 29.5. The van der Waals surface area contributed by atoms with E-state index in [1.165, 1.54) is 97.5 Å². The van der Waals surface area contributed by atoms with Crippen molar-refractivity contribution in [3.8, 4) is 78.7 Å². The Balaban J connectivity index is 0.000000121. The van der Waals surface area contributed by atoms with Crippen LogP contribution in [0.3, 0.4) is 0 Å². The van der Waals surface area contributed by atoms with E-state index < -0.39 is 18.3 Å². The first-order valence-electron chi connectivity index (χ1n) is 40.1. The molecule has 0 unspecified atom stereocenters. The third-order valence-electron chi connectivity index (χ3n) is 24.0. The number of pyridine rings is 6. The van der Waals surface area contributed by atoms with Crippen molar-refractivity contribution in [1.29, 1.82) is 0 Å². The third kappa shape index (κ3) is 12.8. The molecule has 8 nitrogen and oxygen atoms in total. The molecule has 119 heavy (non-hydrogen) atoms. The second-order valence-corrected chi connectivity index (χ2v) is 32.1. The quantitative estimate of drug-likeness (QED) is 0.0843. The summed E-state index contributed by atoms with van der Waals surface area (Å²) in [6, 6.07) is 124. The summed E-state index contributed by atoms with van der Waals surface area (Å²) >= 11 is 3.81. The maximum absolute atomic E-state index is 6.56. The van der Waals surface area contributed by atoms with Crippen LogP contribution < -0.4 is 5.46 Å². The largest absolute Gasteiger partial charge is 0.495 e. The maximum atomic E-state index is 6.56. The van der Waals surface area contributed by atoms with Gasteiger partial charge in [-0.3, -0.25) is 9.97 Å². The Kier molecular flexibility index (Phi) is 18.8. The van der Waals surface area contributed by atoms with E-state index in [-0.39, 0.29) is 7.43 Å². The molecule has 0 spiro atoms. The van der Waals surface area contributed by atoms with Gasteiger partial charge in [0, 0.05) is 106 Å². The molecule has 1 aliphatic heterocycles. The summed E-state index contributed by atoms with van der Waals surface area (Å²) in [6.45, 7) is 8.41. The van der Waals surface area contributed by atoms with Gasteiger partial charge in [-0.05, 0) is 190 Å². The molecule has 23 rings (SSSR count). The minimum absolute atomic E-state index is 0. The van der Waals surface area contributed by atoms with Gasteiger partial charge in [-0.25, -0.2) is 19.9 Å². The molecule has 0 saturated carbocycles. The van der Waals surface area contributed by atoms with Crippen molar-refractivity contribution >= 4 is 158 Å². The zero-order valence-corrected chi connectivity index (χ0v) is 66.8. The van der Waals surface area contributed by atoms with Gasteiger partial charge < -0.3 is 9.31 Å². The van der Waals surface area contributed by atoms with Crippen LogP contribution in [0, 0.1) is 0 Å². The van der Waals surface area contributed by atoms with Crippen molar-refractivity contribution in [1.82, 2.24) is 29.9 Å². The van der Waals surface area contributed by atoms with Gasteiger partial charge in [-0.15, -0.1) is 0 Å². The van der Waals surface area contributed by atoms with E-state index in [9.17, 15) is 0 Å². The lowest BCUT2D eigenvalue weighted by Gasteiger charge is -2.32. The fraction of sp³-hybridized carbons (Fsp3) is 0.0642. The number of hydrogen-bond acceptors (Lipinski definition) is 8. The molecule has 22 aromatic rings. The molecule has 0 atom stereocenters. The standard InChI is InChI=1S/C51H31N3.C33H28BNO2.C24H15BrN2.CH4/c1-2-14-34(15-3-1)50-44-31-43(36-17-6-7-18-37(36)48(44)42-26-25-32-13-4-5-16-35(32)51(42)54-50)47-38-19-8-10-21-40(38)49(41-22-11-9-20-39(41)47)46-24-12-23-45(53-46)33-27-29-52-30-28-33;1-32(2)33(3,4)37-34(36-32)28-20-27-29(25-17-11-10-16-24(25)28)26-19-18-21-12-8-9-15-23(21)31(26)35-30(27)22-13-6-5-7-14-22;25-24-19-8-3-1-6-17(19)23(18-7-2-4-9-20(18)24)22-11-5-10-21(27-22)16-12-14-26-15-13-16;/h1-31H;5-20H,1-4H3;1-15H;1H4. The minimum Gasteiger partial charge on any atom is -0.399 e. The van der Waals surface area contributed by atoms with E-state index in [1.54, 1.807) is 12.4 Å². The summed E-state index contributed by atoms with van der Waals surface area (Å²) in [5, 5.41) is 26.0. The third-order valence-corrected chi connectivity index (χ3v) is 24.9. The van der Waals surface area contributed by atoms with Gasteiger partial charge in [0.05, 0.1) is 56.4 Å². The number of benzene rings is 16. The monoisotopic (exact) mass is 1590 g/mol. The number of halogens is 1. The summed E-state index contributed by atoms with van der Waals surface area (Å²) in [7, 11) is -0.463. The highest BCUT2D eigenvalue weighted by atomic mass is 79.9. The first-order valence-corrected chi connectivity index (χ1v) is 40.9. The van der Waals surface area contributed by atoms with Crippen LogP contribution >= 0.6 is 15.9 Å². The fourth-order valence-electron chi connectivity index (χ4n) is 17.8. The van der Waals surface area contributed by atoms with Crippen molar-refractivity contribution in [2.75, 3.05) is 0 Å². The van der Waals surface area contributed by atoms with Crippen molar-refractivity contribution in [3.63, 3.8) is 0 Å². The summed E-state index contributed by atoms with van der Waals surface area (Å²) in [6.07, 6.45) is 7.24. The number of nitrogens with zero attached hydrogens (tertiary/aromatic N) is 6. The Hall–Kier alpha value is -14.0. The Morgan fingerprint density at radius 3 is 1.03 bits per heavy atom. The van der Waals surface area contributed by atoms with Gasteiger partial charge in [0.25, 0.3) is 0 Å². The first-order chi connectivity index (χ1) is 58.0. The van der Waals surface area contributed by atoms with E-state index in [0.717, 1.165) is 121 Å². The molecule has 0 aliphatic carbocycles. The second kappa shape index (κ2) is 30.2. The van der Waals surface area contributed by atoms with Crippen LogP contribution in [0.4, 0.5) is 0 Å². The van der Waals surface area contributed by atoms with E-state index >= 15 is 0 Å². The van der Waals surface area contributed by atoms with Crippen LogP contribution in [0.15, 0.2) is 381 Å². The van der Waals surface area contributed by atoms with Crippen molar-refractivity contribution < 1.29 is 9.31 Å². The molecule has 1 fully saturated rings. The lowest BCUT2D eigenvalue weighted by molar-refractivity contribution is 0.00578. The van der Waals surface area contributed by atoms with Crippen LogP contribution in [0.25, 0.3) is 208 Å². The van der Waals surface area contributed by atoms with E-state index in [1.807, 2.05) is 48.8 Å². The van der Waals surface area contributed by atoms with E-state index in [0.29, 0.717) is 0 Å². The molecule has 0 radical (unpaired) electrons. The van der Waals surface area contributed by atoms with E-state index in [4.69, 9.17) is 29.2 Å². The van der Waals surface area contributed by atoms with Gasteiger partial charge in [0.1, 0.15) is 0 Å². The molecule has 1 saturated heterocycles. The predicted molar refractivity (Wildman–Crippen MR) is 504 cm³/mol. The average molecular weight is 1590 g/mol. The summed E-state index contributed by atoms with van der Waals surface area (Å²) in [5.74, 6) is 0. The number of fused-ring (bicyclic) bond motifs is 18. The van der Waals surface area contributed by atoms with Gasteiger partial charge >= 0.3 is 7.12 Å². The van der Waals surface area contributed by atoms with Crippen molar-refractivity contribution in [3.05, 3.63) is 381 Å². The van der Waals surface area contributed by atoms with Crippen LogP contribution in [-0.2, 0) is 9.31 Å². The van der Waals surface area contributed by atoms with Gasteiger partial charge in [0.2, 0.25) is 0 Å². The predicted octanol–water partition coefficient (Wildman–Crippen LogP) is 28.6. The number of aromatic nitrogens is 6. The van der Waals surface area contributed by atoms with E-state index in [2.05, 4.69) is 369 Å². The van der Waals surface area contributed by atoms with Crippen molar-refractivity contribution in [2.24, 2.45) is 0 Å². The molecule has 6 aromatic heterocycles. The molecule has 1 aliphatic rings. The number of hydrogen-bond donors (Lipinski definition) is 0. The van der Waals surface area contributed by atoms with Crippen LogP contribution in [-0.4, -0.2) is 48.2 Å². The highest BCUT2D eigenvalue weighted by Gasteiger charge is 2.52. The minimum atomic E-state index is -0.463. The molecule has 0 N–H and O–H groups in total. The SMILES string of the molecule is Brc1c2ccccc2c(-c2cccc(-c3ccncc3)n2)c2ccccc12.C.CC1(C)OB(c2cc3c(-c4ccccc4)nc4c5ccccc5ccc4c3c3ccccc23)OC1(C)C.c1ccc(-c2nc3c4ccccc4ccc3c3c2cc(-c2c4ccccc4c(-c4cccc(-c5ccncc5)n4)c4ccccc24)c2ccccc23)cc1. The second-order valence-electron chi connectivity index (χ2n) is 31.3. The zero-order valence-electron chi connectivity index (χ0n) is 65.3. The van der Waals surface area contributed by atoms with Crippen LogP contribution in [0.2, 0.25) is 0 Å². The Morgan fingerprint density at radius 2 is 0.597 bits per heavy atom. The average Bonchev–Trinajstić information content (AvgIpc) is 1.29. The van der Waals surface area contributed by atoms with Crippen molar-refractivity contribution in [2.45, 2.75) is 46.3 Å². The molecule has 0 bridgehead atoms. The lowest BCUT2D eigenvalue weighted by Crippen LogP contribution is -2.41. The molecule has 10 heteroatoms. The molecule has 16 aromatic carbocycles. The molecule has 7 heterocycles. The maximum Gasteiger partial charge on any atom is 0.495 e. The lowest BCUT2D eigenvalue weighted by atomic mass is 9.74. The van der Waals surface area contributed by atoms with Gasteiger partial charge in [-0.2, -0.15) is 0 Å². The first kappa shape index (κ1) is 73.9. The smallest absolute Gasteiger partial charge is 0.399 e. The fourth-order valence-corrected chi connectivity index (χ4v) is 18.5.